The Morgan fingerprint density at radius 2 is 2.07 bits per heavy atom. The van der Waals surface area contributed by atoms with E-state index in [9.17, 15) is 4.79 Å². The molecule has 0 amide bonds. The molecule has 2 aliphatic carbocycles. The molecule has 2 fully saturated rings. The zero-order valence-corrected chi connectivity index (χ0v) is 8.35. The minimum Gasteiger partial charge on any atom is -0.480 e. The van der Waals surface area contributed by atoms with Crippen molar-refractivity contribution in [3.8, 4) is 0 Å². The van der Waals surface area contributed by atoms with Gasteiger partial charge in [0.1, 0.15) is 0 Å². The SMILES string of the molecule is NC1CC(N(CC(=O)O)CC2CC2)C1. The summed E-state index contributed by atoms with van der Waals surface area (Å²) in [5.74, 6) is 0.0392. The molecule has 0 aromatic heterocycles. The van der Waals surface area contributed by atoms with Gasteiger partial charge in [-0.1, -0.05) is 0 Å². The molecule has 0 unspecified atom stereocenters. The van der Waals surface area contributed by atoms with E-state index in [1.165, 1.54) is 12.8 Å². The monoisotopic (exact) mass is 198 g/mol. The maximum Gasteiger partial charge on any atom is 0.317 e. The Morgan fingerprint density at radius 1 is 1.43 bits per heavy atom. The van der Waals surface area contributed by atoms with Gasteiger partial charge in [-0.3, -0.25) is 9.69 Å². The van der Waals surface area contributed by atoms with Crippen LogP contribution >= 0.6 is 0 Å². The van der Waals surface area contributed by atoms with E-state index in [0.717, 1.165) is 25.3 Å². The standard InChI is InChI=1S/C10H18N2O2/c11-8-3-9(4-8)12(6-10(13)14)5-7-1-2-7/h7-9H,1-6,11H2,(H,13,14). The van der Waals surface area contributed by atoms with E-state index >= 15 is 0 Å². The van der Waals surface area contributed by atoms with Crippen molar-refractivity contribution < 1.29 is 9.90 Å². The fourth-order valence-corrected chi connectivity index (χ4v) is 2.08. The molecule has 2 rings (SSSR count). The summed E-state index contributed by atoms with van der Waals surface area (Å²) in [5, 5.41) is 8.78. The van der Waals surface area contributed by atoms with Crippen molar-refractivity contribution in [2.24, 2.45) is 11.7 Å². The molecular weight excluding hydrogens is 180 g/mol. The van der Waals surface area contributed by atoms with Crippen LogP contribution in [0, 0.1) is 5.92 Å². The summed E-state index contributed by atoms with van der Waals surface area (Å²) >= 11 is 0. The fourth-order valence-electron chi connectivity index (χ4n) is 2.08. The normalized spacial score (nSPS) is 31.6. The van der Waals surface area contributed by atoms with E-state index in [1.807, 2.05) is 0 Å². The van der Waals surface area contributed by atoms with Crippen LogP contribution in [0.25, 0.3) is 0 Å². The Balaban J connectivity index is 1.81. The first-order valence-electron chi connectivity index (χ1n) is 5.36. The third kappa shape index (κ3) is 2.45. The molecule has 0 heterocycles. The van der Waals surface area contributed by atoms with Crippen LogP contribution in [0.4, 0.5) is 0 Å². The van der Waals surface area contributed by atoms with Crippen molar-refractivity contribution in [3.05, 3.63) is 0 Å². The predicted octanol–water partition coefficient (Wildman–Crippen LogP) is 0.273. The number of nitrogens with two attached hydrogens (primary N) is 1. The van der Waals surface area contributed by atoms with E-state index in [1.54, 1.807) is 0 Å². The molecule has 4 heteroatoms. The van der Waals surface area contributed by atoms with Crippen molar-refractivity contribution >= 4 is 5.97 Å². The van der Waals surface area contributed by atoms with Gasteiger partial charge in [0, 0.05) is 18.6 Å². The second-order valence-corrected chi connectivity index (χ2v) is 4.65. The molecule has 0 saturated heterocycles. The molecule has 3 N–H and O–H groups in total. The third-order valence-electron chi connectivity index (χ3n) is 3.19. The molecular formula is C10H18N2O2. The third-order valence-corrected chi connectivity index (χ3v) is 3.19. The van der Waals surface area contributed by atoms with Crippen molar-refractivity contribution in [1.29, 1.82) is 0 Å². The lowest BCUT2D eigenvalue weighted by molar-refractivity contribution is -0.139. The van der Waals surface area contributed by atoms with Gasteiger partial charge in [-0.15, -0.1) is 0 Å². The topological polar surface area (TPSA) is 66.6 Å². The van der Waals surface area contributed by atoms with Crippen molar-refractivity contribution in [3.63, 3.8) is 0 Å². The lowest BCUT2D eigenvalue weighted by Crippen LogP contribution is -2.52. The molecule has 0 spiro atoms. The zero-order chi connectivity index (χ0) is 10.1. The quantitative estimate of drug-likeness (QED) is 0.665. The fraction of sp³-hybridized carbons (Fsp3) is 0.900. The first kappa shape index (κ1) is 9.93. The van der Waals surface area contributed by atoms with Gasteiger partial charge < -0.3 is 10.8 Å². The van der Waals surface area contributed by atoms with Crippen LogP contribution in [0.3, 0.4) is 0 Å². The molecule has 2 saturated carbocycles. The summed E-state index contributed by atoms with van der Waals surface area (Å²) in [7, 11) is 0. The van der Waals surface area contributed by atoms with Gasteiger partial charge in [-0.05, 0) is 31.6 Å². The van der Waals surface area contributed by atoms with Crippen LogP contribution in [-0.4, -0.2) is 41.1 Å². The minimum absolute atomic E-state index is 0.188. The number of rotatable bonds is 5. The number of carbonyl (C=O) groups is 1. The van der Waals surface area contributed by atoms with E-state index in [0.29, 0.717) is 12.1 Å². The Hall–Kier alpha value is -0.610. The van der Waals surface area contributed by atoms with E-state index in [2.05, 4.69) is 4.90 Å². The smallest absolute Gasteiger partial charge is 0.317 e. The summed E-state index contributed by atoms with van der Waals surface area (Å²) in [4.78, 5) is 12.8. The zero-order valence-electron chi connectivity index (χ0n) is 8.35. The summed E-state index contributed by atoms with van der Waals surface area (Å²) < 4.78 is 0. The van der Waals surface area contributed by atoms with E-state index in [4.69, 9.17) is 10.8 Å². The lowest BCUT2D eigenvalue weighted by Gasteiger charge is -2.40. The highest BCUT2D eigenvalue weighted by molar-refractivity contribution is 5.69. The second-order valence-electron chi connectivity index (χ2n) is 4.65. The van der Waals surface area contributed by atoms with Crippen LogP contribution in [0.15, 0.2) is 0 Å². The number of hydrogen-bond acceptors (Lipinski definition) is 3. The maximum atomic E-state index is 10.7. The lowest BCUT2D eigenvalue weighted by atomic mass is 9.86. The molecule has 0 radical (unpaired) electrons. The van der Waals surface area contributed by atoms with Crippen LogP contribution in [0.2, 0.25) is 0 Å². The van der Waals surface area contributed by atoms with Crippen LogP contribution in [-0.2, 0) is 4.79 Å². The van der Waals surface area contributed by atoms with E-state index < -0.39 is 5.97 Å². The highest BCUT2D eigenvalue weighted by Gasteiger charge is 2.35. The Bertz CT molecular complexity index is 222. The van der Waals surface area contributed by atoms with Crippen LogP contribution < -0.4 is 5.73 Å². The van der Waals surface area contributed by atoms with Gasteiger partial charge in [-0.25, -0.2) is 0 Å². The minimum atomic E-state index is -0.717. The summed E-state index contributed by atoms with van der Waals surface area (Å²) in [6.45, 7) is 1.15. The largest absolute Gasteiger partial charge is 0.480 e. The van der Waals surface area contributed by atoms with Crippen molar-refractivity contribution in [2.75, 3.05) is 13.1 Å². The first-order valence-corrected chi connectivity index (χ1v) is 5.36. The summed E-state index contributed by atoms with van der Waals surface area (Å²) in [6.07, 6.45) is 4.49. The number of aliphatic carboxylic acids is 1. The molecule has 80 valence electrons. The van der Waals surface area contributed by atoms with Gasteiger partial charge in [0.15, 0.2) is 0 Å². The van der Waals surface area contributed by atoms with Crippen LogP contribution in [0.1, 0.15) is 25.7 Å². The Morgan fingerprint density at radius 3 is 2.50 bits per heavy atom. The molecule has 0 atom stereocenters. The number of carboxylic acids is 1. The summed E-state index contributed by atoms with van der Waals surface area (Å²) in [6, 6.07) is 0.734. The highest BCUT2D eigenvalue weighted by Crippen LogP contribution is 2.33. The first-order chi connectivity index (χ1) is 6.65. The van der Waals surface area contributed by atoms with Gasteiger partial charge in [0.25, 0.3) is 0 Å². The van der Waals surface area contributed by atoms with E-state index in [-0.39, 0.29) is 6.54 Å². The summed E-state index contributed by atoms with van der Waals surface area (Å²) in [5.41, 5.74) is 5.71. The van der Waals surface area contributed by atoms with Gasteiger partial charge in [-0.2, -0.15) is 0 Å². The number of nitrogens with zero attached hydrogens (tertiary/aromatic N) is 1. The van der Waals surface area contributed by atoms with Gasteiger partial charge in [0.2, 0.25) is 0 Å². The highest BCUT2D eigenvalue weighted by atomic mass is 16.4. The molecule has 0 aromatic carbocycles. The Kier molecular flexibility index (Phi) is 2.74. The second kappa shape index (κ2) is 3.87. The number of hydrogen-bond donors (Lipinski definition) is 2. The number of carboxylic acid groups (broad SMARTS) is 1. The molecule has 0 aliphatic heterocycles. The van der Waals surface area contributed by atoms with Crippen molar-refractivity contribution in [2.45, 2.75) is 37.8 Å². The average Bonchev–Trinajstić information content (AvgIpc) is 2.80. The Labute approximate surface area is 84.1 Å². The average molecular weight is 198 g/mol. The molecule has 14 heavy (non-hydrogen) atoms. The van der Waals surface area contributed by atoms with Crippen LogP contribution in [0.5, 0.6) is 0 Å². The predicted molar refractivity (Wildman–Crippen MR) is 52.9 cm³/mol. The molecule has 4 nitrogen and oxygen atoms in total. The maximum absolute atomic E-state index is 10.7. The van der Waals surface area contributed by atoms with Gasteiger partial charge >= 0.3 is 5.97 Å². The van der Waals surface area contributed by atoms with Crippen molar-refractivity contribution in [1.82, 2.24) is 4.90 Å². The van der Waals surface area contributed by atoms with Gasteiger partial charge in [0.05, 0.1) is 6.54 Å². The molecule has 2 aliphatic rings. The molecule has 0 aromatic rings. The molecule has 0 bridgehead atoms.